The van der Waals surface area contributed by atoms with Gasteiger partial charge in [-0.05, 0) is 30.9 Å². The third-order valence-electron chi connectivity index (χ3n) is 3.27. The van der Waals surface area contributed by atoms with E-state index in [4.69, 9.17) is 10.5 Å². The van der Waals surface area contributed by atoms with Gasteiger partial charge in [0, 0.05) is 30.9 Å². The normalized spacial score (nSPS) is 14.8. The van der Waals surface area contributed by atoms with Crippen LogP contribution >= 0.6 is 0 Å². The van der Waals surface area contributed by atoms with Crippen molar-refractivity contribution in [3.05, 3.63) is 23.8 Å². The lowest BCUT2D eigenvalue weighted by molar-refractivity contribution is 0.414. The molecular weight excluding hydrogens is 212 g/mol. The van der Waals surface area contributed by atoms with E-state index in [-0.39, 0.29) is 0 Å². The standard InChI is InChI=1S/C14H22N2O/c1-3-8-16(12-5-6-12)14-9-13(17-2)7-4-11(14)10-15/h4,7,9,12H,3,5-6,8,10,15H2,1-2H3. The topological polar surface area (TPSA) is 38.5 Å². The third-order valence-corrected chi connectivity index (χ3v) is 3.27. The highest BCUT2D eigenvalue weighted by Crippen LogP contribution is 2.35. The van der Waals surface area contributed by atoms with E-state index in [2.05, 4.69) is 24.0 Å². The van der Waals surface area contributed by atoms with Gasteiger partial charge in [-0.25, -0.2) is 0 Å². The highest BCUT2D eigenvalue weighted by molar-refractivity contribution is 5.58. The second-order valence-corrected chi connectivity index (χ2v) is 4.62. The summed E-state index contributed by atoms with van der Waals surface area (Å²) in [4.78, 5) is 2.49. The molecule has 0 aromatic heterocycles. The van der Waals surface area contributed by atoms with Gasteiger partial charge in [-0.3, -0.25) is 0 Å². The van der Waals surface area contributed by atoms with Gasteiger partial charge in [0.25, 0.3) is 0 Å². The summed E-state index contributed by atoms with van der Waals surface area (Å²) in [6.45, 7) is 3.91. The Morgan fingerprint density at radius 2 is 2.18 bits per heavy atom. The van der Waals surface area contributed by atoms with Gasteiger partial charge >= 0.3 is 0 Å². The van der Waals surface area contributed by atoms with Crippen LogP contribution < -0.4 is 15.4 Å². The lowest BCUT2D eigenvalue weighted by Gasteiger charge is -2.27. The van der Waals surface area contributed by atoms with E-state index in [9.17, 15) is 0 Å². The molecule has 0 saturated heterocycles. The van der Waals surface area contributed by atoms with Crippen molar-refractivity contribution in [3.8, 4) is 5.75 Å². The van der Waals surface area contributed by atoms with Crippen LogP contribution in [0.3, 0.4) is 0 Å². The van der Waals surface area contributed by atoms with Crippen molar-refractivity contribution in [2.45, 2.75) is 38.8 Å². The largest absolute Gasteiger partial charge is 0.497 e. The van der Waals surface area contributed by atoms with E-state index in [0.717, 1.165) is 18.7 Å². The van der Waals surface area contributed by atoms with Gasteiger partial charge in [-0.1, -0.05) is 13.0 Å². The molecule has 1 aromatic rings. The molecule has 1 aromatic carbocycles. The van der Waals surface area contributed by atoms with Crippen molar-refractivity contribution < 1.29 is 4.74 Å². The summed E-state index contributed by atoms with van der Waals surface area (Å²) in [5.41, 5.74) is 8.30. The molecule has 0 heterocycles. The van der Waals surface area contributed by atoms with Gasteiger partial charge < -0.3 is 15.4 Å². The first-order chi connectivity index (χ1) is 8.30. The number of hydrogen-bond donors (Lipinski definition) is 1. The lowest BCUT2D eigenvalue weighted by atomic mass is 10.1. The molecule has 3 nitrogen and oxygen atoms in total. The van der Waals surface area contributed by atoms with Crippen molar-refractivity contribution in [2.24, 2.45) is 5.73 Å². The highest BCUT2D eigenvalue weighted by atomic mass is 16.5. The Labute approximate surface area is 104 Å². The fourth-order valence-electron chi connectivity index (χ4n) is 2.24. The fourth-order valence-corrected chi connectivity index (χ4v) is 2.24. The zero-order valence-electron chi connectivity index (χ0n) is 10.8. The molecule has 2 rings (SSSR count). The summed E-state index contributed by atoms with van der Waals surface area (Å²) in [5, 5.41) is 0. The van der Waals surface area contributed by atoms with Crippen LogP contribution in [0.2, 0.25) is 0 Å². The minimum absolute atomic E-state index is 0.590. The average molecular weight is 234 g/mol. The van der Waals surface area contributed by atoms with E-state index in [1.54, 1.807) is 7.11 Å². The number of nitrogens with zero attached hydrogens (tertiary/aromatic N) is 1. The molecule has 0 atom stereocenters. The second-order valence-electron chi connectivity index (χ2n) is 4.62. The van der Waals surface area contributed by atoms with Gasteiger partial charge in [-0.2, -0.15) is 0 Å². The van der Waals surface area contributed by atoms with Crippen LogP contribution in [0.25, 0.3) is 0 Å². The zero-order valence-corrected chi connectivity index (χ0v) is 10.8. The maximum atomic E-state index is 5.83. The summed E-state index contributed by atoms with van der Waals surface area (Å²) in [6, 6.07) is 6.91. The van der Waals surface area contributed by atoms with Crippen LogP contribution in [0, 0.1) is 0 Å². The predicted octanol–water partition coefficient (Wildman–Crippen LogP) is 2.53. The van der Waals surface area contributed by atoms with Crippen LogP contribution in [0.1, 0.15) is 31.7 Å². The Balaban J connectivity index is 2.31. The number of ether oxygens (including phenoxy) is 1. The highest BCUT2D eigenvalue weighted by Gasteiger charge is 2.29. The maximum absolute atomic E-state index is 5.83. The molecule has 1 aliphatic carbocycles. The van der Waals surface area contributed by atoms with Crippen LogP contribution in [0.5, 0.6) is 5.75 Å². The van der Waals surface area contributed by atoms with Crippen molar-refractivity contribution in [1.82, 2.24) is 0 Å². The molecule has 1 aliphatic rings. The van der Waals surface area contributed by atoms with Crippen molar-refractivity contribution in [2.75, 3.05) is 18.6 Å². The molecular formula is C14H22N2O. The maximum Gasteiger partial charge on any atom is 0.120 e. The third kappa shape index (κ3) is 2.72. The lowest BCUT2D eigenvalue weighted by Crippen LogP contribution is -2.27. The molecule has 0 spiro atoms. The SMILES string of the molecule is CCCN(c1cc(OC)ccc1CN)C1CC1. The number of nitrogens with two attached hydrogens (primary N) is 1. The van der Waals surface area contributed by atoms with Gasteiger partial charge in [0.2, 0.25) is 0 Å². The van der Waals surface area contributed by atoms with Gasteiger partial charge in [-0.15, -0.1) is 0 Å². The number of anilines is 1. The van der Waals surface area contributed by atoms with E-state index >= 15 is 0 Å². The van der Waals surface area contributed by atoms with Crippen molar-refractivity contribution >= 4 is 5.69 Å². The molecule has 0 aliphatic heterocycles. The van der Waals surface area contributed by atoms with Gasteiger partial charge in [0.05, 0.1) is 7.11 Å². The van der Waals surface area contributed by atoms with E-state index in [0.29, 0.717) is 12.6 Å². The molecule has 0 radical (unpaired) electrons. The summed E-state index contributed by atoms with van der Waals surface area (Å²) in [7, 11) is 1.71. The molecule has 0 bridgehead atoms. The van der Waals surface area contributed by atoms with Crippen LogP contribution in [-0.2, 0) is 6.54 Å². The number of benzene rings is 1. The molecule has 1 saturated carbocycles. The van der Waals surface area contributed by atoms with Crippen LogP contribution in [0.4, 0.5) is 5.69 Å². The van der Waals surface area contributed by atoms with E-state index < -0.39 is 0 Å². The van der Waals surface area contributed by atoms with Crippen LogP contribution in [0.15, 0.2) is 18.2 Å². The van der Waals surface area contributed by atoms with Gasteiger partial charge in [0.15, 0.2) is 0 Å². The summed E-state index contributed by atoms with van der Waals surface area (Å²) in [6.07, 6.45) is 3.78. The Kier molecular flexibility index (Phi) is 3.89. The van der Waals surface area contributed by atoms with Crippen molar-refractivity contribution in [1.29, 1.82) is 0 Å². The van der Waals surface area contributed by atoms with Gasteiger partial charge in [0.1, 0.15) is 5.75 Å². The molecule has 3 heteroatoms. The summed E-state index contributed by atoms with van der Waals surface area (Å²) in [5.74, 6) is 0.916. The predicted molar refractivity (Wildman–Crippen MR) is 71.5 cm³/mol. The first-order valence-electron chi connectivity index (χ1n) is 6.43. The minimum Gasteiger partial charge on any atom is -0.497 e. The molecule has 0 unspecified atom stereocenters. The Bertz CT molecular complexity index is 374. The molecule has 1 fully saturated rings. The number of methoxy groups -OCH3 is 1. The Morgan fingerprint density at radius 3 is 2.71 bits per heavy atom. The van der Waals surface area contributed by atoms with E-state index in [1.807, 2.05) is 6.07 Å². The number of hydrogen-bond acceptors (Lipinski definition) is 3. The Hall–Kier alpha value is -1.22. The molecule has 0 amide bonds. The van der Waals surface area contributed by atoms with E-state index in [1.165, 1.54) is 24.1 Å². The number of rotatable bonds is 6. The summed E-state index contributed by atoms with van der Waals surface area (Å²) < 4.78 is 5.32. The smallest absolute Gasteiger partial charge is 0.120 e. The first-order valence-corrected chi connectivity index (χ1v) is 6.43. The first kappa shape index (κ1) is 12.2. The fraction of sp³-hybridized carbons (Fsp3) is 0.571. The Morgan fingerprint density at radius 1 is 1.41 bits per heavy atom. The van der Waals surface area contributed by atoms with Crippen LogP contribution in [-0.4, -0.2) is 19.7 Å². The monoisotopic (exact) mass is 234 g/mol. The summed E-state index contributed by atoms with van der Waals surface area (Å²) >= 11 is 0. The quantitative estimate of drug-likeness (QED) is 0.822. The molecule has 2 N–H and O–H groups in total. The minimum atomic E-state index is 0.590. The van der Waals surface area contributed by atoms with Crippen molar-refractivity contribution in [3.63, 3.8) is 0 Å². The second kappa shape index (κ2) is 5.41. The zero-order chi connectivity index (χ0) is 12.3. The molecule has 94 valence electrons. The molecule has 17 heavy (non-hydrogen) atoms. The average Bonchev–Trinajstić information content (AvgIpc) is 3.19.